The molecule has 0 saturated carbocycles. The molecule has 0 fully saturated rings. The van der Waals surface area contributed by atoms with Crippen LogP contribution in [0.25, 0.3) is 0 Å². The quantitative estimate of drug-likeness (QED) is 0.613. The summed E-state index contributed by atoms with van der Waals surface area (Å²) in [5.74, 6) is -1.36. The second-order valence-corrected chi connectivity index (χ2v) is 4.01. The molecule has 0 heterocycles. The number of nitrogens with zero attached hydrogens (tertiary/aromatic N) is 1. The van der Waals surface area contributed by atoms with Crippen molar-refractivity contribution >= 4 is 12.0 Å². The van der Waals surface area contributed by atoms with Gasteiger partial charge in [0.25, 0.3) is 0 Å². The van der Waals surface area contributed by atoms with Crippen LogP contribution < -0.4 is 5.32 Å². The van der Waals surface area contributed by atoms with Crippen LogP contribution in [0, 0.1) is 0 Å². The van der Waals surface area contributed by atoms with Crippen LogP contribution in [0.2, 0.25) is 0 Å². The van der Waals surface area contributed by atoms with Crippen molar-refractivity contribution < 1.29 is 19.8 Å². The van der Waals surface area contributed by atoms with E-state index in [-0.39, 0.29) is 12.6 Å². The normalized spacial score (nSPS) is 14.0. The van der Waals surface area contributed by atoms with Crippen LogP contribution in [-0.2, 0) is 4.79 Å². The average molecular weight is 232 g/mol. The first-order chi connectivity index (χ1) is 7.31. The van der Waals surface area contributed by atoms with Crippen molar-refractivity contribution in [3.63, 3.8) is 0 Å². The predicted molar refractivity (Wildman–Crippen MR) is 59.2 cm³/mol. The molecule has 6 heteroatoms. The lowest BCUT2D eigenvalue weighted by Gasteiger charge is -2.22. The third-order valence-corrected chi connectivity index (χ3v) is 2.24. The fraction of sp³-hybridized carbons (Fsp3) is 0.800. The van der Waals surface area contributed by atoms with Crippen molar-refractivity contribution in [3.05, 3.63) is 0 Å². The summed E-state index contributed by atoms with van der Waals surface area (Å²) in [7, 11) is 1.63. The van der Waals surface area contributed by atoms with Crippen LogP contribution >= 0.6 is 0 Å². The van der Waals surface area contributed by atoms with E-state index in [0.29, 0.717) is 6.54 Å². The minimum atomic E-state index is -1.93. The Morgan fingerprint density at radius 3 is 2.44 bits per heavy atom. The van der Waals surface area contributed by atoms with E-state index in [1.54, 1.807) is 7.05 Å². The minimum Gasteiger partial charge on any atom is -0.479 e. The Bertz CT molecular complexity index is 253. The van der Waals surface area contributed by atoms with Crippen molar-refractivity contribution in [1.29, 1.82) is 0 Å². The average Bonchev–Trinajstić information content (AvgIpc) is 2.22. The lowest BCUT2D eigenvalue weighted by molar-refractivity contribution is -0.155. The smallest absolute Gasteiger partial charge is 0.337 e. The van der Waals surface area contributed by atoms with E-state index in [1.807, 2.05) is 6.92 Å². The third kappa shape index (κ3) is 4.97. The molecule has 0 saturated heterocycles. The van der Waals surface area contributed by atoms with Gasteiger partial charge in [0, 0.05) is 13.6 Å². The van der Waals surface area contributed by atoms with Gasteiger partial charge in [-0.1, -0.05) is 13.3 Å². The Balaban J connectivity index is 4.02. The number of hydrogen-bond donors (Lipinski definition) is 3. The van der Waals surface area contributed by atoms with E-state index in [1.165, 1.54) is 4.90 Å². The van der Waals surface area contributed by atoms with Crippen molar-refractivity contribution in [2.24, 2.45) is 0 Å². The van der Waals surface area contributed by atoms with E-state index < -0.39 is 11.6 Å². The monoisotopic (exact) mass is 232 g/mol. The highest BCUT2D eigenvalue weighted by Gasteiger charge is 2.30. The Morgan fingerprint density at radius 1 is 1.44 bits per heavy atom. The number of nitrogens with one attached hydrogen (secondary N) is 1. The van der Waals surface area contributed by atoms with Crippen LogP contribution in [-0.4, -0.2) is 52.9 Å². The number of carboxylic acids is 1. The zero-order chi connectivity index (χ0) is 12.8. The molecule has 0 rings (SSSR count). The van der Waals surface area contributed by atoms with Gasteiger partial charge < -0.3 is 20.4 Å². The number of urea groups is 1. The number of carboxylic acid groups (broad SMARTS) is 1. The molecule has 0 aliphatic rings. The van der Waals surface area contributed by atoms with Crippen LogP contribution in [0.5, 0.6) is 0 Å². The number of rotatable bonds is 6. The molecule has 6 nitrogen and oxygen atoms in total. The first kappa shape index (κ1) is 14.7. The molecule has 0 bridgehead atoms. The van der Waals surface area contributed by atoms with E-state index >= 15 is 0 Å². The molecule has 3 N–H and O–H groups in total. The van der Waals surface area contributed by atoms with Crippen LogP contribution in [0.3, 0.4) is 0 Å². The Labute approximate surface area is 95.2 Å². The molecule has 1 atom stereocenters. The molecule has 0 aromatic heterocycles. The van der Waals surface area contributed by atoms with E-state index in [4.69, 9.17) is 5.11 Å². The molecule has 94 valence electrons. The number of hydrogen-bond acceptors (Lipinski definition) is 3. The fourth-order valence-corrected chi connectivity index (χ4v) is 0.955. The lowest BCUT2D eigenvalue weighted by Crippen LogP contribution is -2.49. The van der Waals surface area contributed by atoms with Gasteiger partial charge in [0.15, 0.2) is 5.60 Å². The first-order valence-corrected chi connectivity index (χ1v) is 5.26. The first-order valence-electron chi connectivity index (χ1n) is 5.26. The second kappa shape index (κ2) is 6.32. The molecule has 0 aliphatic carbocycles. The Hall–Kier alpha value is -1.30. The highest BCUT2D eigenvalue weighted by molar-refractivity contribution is 5.79. The number of unbranched alkanes of at least 4 members (excludes halogenated alkanes) is 1. The van der Waals surface area contributed by atoms with Gasteiger partial charge in [0.2, 0.25) is 0 Å². The van der Waals surface area contributed by atoms with E-state index in [2.05, 4.69) is 5.32 Å². The number of carbonyl (C=O) groups is 2. The van der Waals surface area contributed by atoms with Gasteiger partial charge in [0.1, 0.15) is 0 Å². The topological polar surface area (TPSA) is 89.9 Å². The summed E-state index contributed by atoms with van der Waals surface area (Å²) in [5, 5.41) is 20.4. The summed E-state index contributed by atoms with van der Waals surface area (Å²) < 4.78 is 0. The maximum Gasteiger partial charge on any atom is 0.337 e. The van der Waals surface area contributed by atoms with Crippen molar-refractivity contribution in [3.8, 4) is 0 Å². The predicted octanol–water partition coefficient (Wildman–Crippen LogP) is 0.263. The van der Waals surface area contributed by atoms with Crippen molar-refractivity contribution in [2.75, 3.05) is 20.1 Å². The number of aliphatic carboxylic acids is 1. The maximum absolute atomic E-state index is 11.4. The summed E-state index contributed by atoms with van der Waals surface area (Å²) in [4.78, 5) is 23.4. The summed E-state index contributed by atoms with van der Waals surface area (Å²) in [5.41, 5.74) is -1.93. The summed E-state index contributed by atoms with van der Waals surface area (Å²) >= 11 is 0. The maximum atomic E-state index is 11.4. The van der Waals surface area contributed by atoms with Gasteiger partial charge in [-0.3, -0.25) is 0 Å². The summed E-state index contributed by atoms with van der Waals surface area (Å²) in [6.07, 6.45) is 1.86. The van der Waals surface area contributed by atoms with E-state index in [9.17, 15) is 14.7 Å². The number of amides is 2. The van der Waals surface area contributed by atoms with Gasteiger partial charge in [-0.05, 0) is 13.3 Å². The van der Waals surface area contributed by atoms with Crippen molar-refractivity contribution in [2.45, 2.75) is 32.3 Å². The molecular weight excluding hydrogens is 212 g/mol. The summed E-state index contributed by atoms with van der Waals surface area (Å²) in [6, 6.07) is -0.380. The molecule has 0 spiro atoms. The molecule has 1 unspecified atom stereocenters. The van der Waals surface area contributed by atoms with Gasteiger partial charge >= 0.3 is 12.0 Å². The SMILES string of the molecule is CCCCN(C)C(=O)NCC(C)(O)C(=O)O. The second-order valence-electron chi connectivity index (χ2n) is 4.01. The molecule has 16 heavy (non-hydrogen) atoms. The fourth-order valence-electron chi connectivity index (χ4n) is 0.955. The zero-order valence-electron chi connectivity index (χ0n) is 9.99. The van der Waals surface area contributed by atoms with E-state index in [0.717, 1.165) is 19.8 Å². The molecule has 2 amide bonds. The van der Waals surface area contributed by atoms with Gasteiger partial charge in [-0.25, -0.2) is 9.59 Å². The van der Waals surface area contributed by atoms with Crippen LogP contribution in [0.1, 0.15) is 26.7 Å². The molecule has 0 aliphatic heterocycles. The van der Waals surface area contributed by atoms with Gasteiger partial charge in [-0.2, -0.15) is 0 Å². The van der Waals surface area contributed by atoms with Crippen LogP contribution in [0.4, 0.5) is 4.79 Å². The molecule has 0 aromatic rings. The molecule has 0 aromatic carbocycles. The van der Waals surface area contributed by atoms with Gasteiger partial charge in [-0.15, -0.1) is 0 Å². The zero-order valence-corrected chi connectivity index (χ0v) is 9.99. The Kier molecular flexibility index (Phi) is 5.81. The standard InChI is InChI=1S/C10H20N2O4/c1-4-5-6-12(3)9(15)11-7-10(2,16)8(13)14/h16H,4-7H2,1-3H3,(H,11,15)(H,13,14). The number of carbonyl (C=O) groups excluding carboxylic acids is 1. The number of aliphatic hydroxyl groups is 1. The van der Waals surface area contributed by atoms with Gasteiger partial charge in [0.05, 0.1) is 6.54 Å². The van der Waals surface area contributed by atoms with Crippen LogP contribution in [0.15, 0.2) is 0 Å². The highest BCUT2D eigenvalue weighted by atomic mass is 16.4. The minimum absolute atomic E-state index is 0.308. The Morgan fingerprint density at radius 2 is 2.00 bits per heavy atom. The highest BCUT2D eigenvalue weighted by Crippen LogP contribution is 2.01. The largest absolute Gasteiger partial charge is 0.479 e. The molecule has 0 radical (unpaired) electrons. The lowest BCUT2D eigenvalue weighted by atomic mass is 10.1. The van der Waals surface area contributed by atoms with Crippen molar-refractivity contribution in [1.82, 2.24) is 10.2 Å². The summed E-state index contributed by atoms with van der Waals surface area (Å²) in [6.45, 7) is 3.46. The molecular formula is C10H20N2O4. The third-order valence-electron chi connectivity index (χ3n) is 2.24.